The van der Waals surface area contributed by atoms with Gasteiger partial charge in [0.25, 0.3) is 5.56 Å². The minimum absolute atomic E-state index is 0.0691. The number of carbonyl (C=O) groups is 1. The summed E-state index contributed by atoms with van der Waals surface area (Å²) in [6, 6.07) is 7.33. The smallest absolute Gasteiger partial charge is 0.277 e. The Morgan fingerprint density at radius 1 is 1.29 bits per heavy atom. The lowest BCUT2D eigenvalue weighted by molar-refractivity contribution is -0.133. The Morgan fingerprint density at radius 2 is 2.04 bits per heavy atom. The zero-order valence-corrected chi connectivity index (χ0v) is 14.7. The third-order valence-corrected chi connectivity index (χ3v) is 4.36. The van der Waals surface area contributed by atoms with Crippen LogP contribution in [-0.2, 0) is 11.3 Å². The molecule has 0 aliphatic rings. The monoisotopic (exact) mass is 330 g/mol. The van der Waals surface area contributed by atoms with Gasteiger partial charge >= 0.3 is 0 Å². The number of rotatable bonds is 8. The Bertz CT molecular complexity index is 741. The van der Waals surface area contributed by atoms with E-state index in [1.54, 1.807) is 18.2 Å². The van der Waals surface area contributed by atoms with Crippen LogP contribution in [0.3, 0.4) is 0 Å². The van der Waals surface area contributed by atoms with Gasteiger partial charge in [0.15, 0.2) is 0 Å². The second-order valence-corrected chi connectivity index (χ2v) is 6.08. The van der Waals surface area contributed by atoms with Crippen molar-refractivity contribution in [2.45, 2.75) is 59.0 Å². The van der Waals surface area contributed by atoms with Crippen molar-refractivity contribution >= 4 is 16.8 Å². The number of amides is 1. The Hall–Kier alpha value is -2.24. The van der Waals surface area contributed by atoms with Gasteiger partial charge < -0.3 is 4.90 Å². The van der Waals surface area contributed by atoms with Gasteiger partial charge in [-0.3, -0.25) is 9.59 Å². The van der Waals surface area contributed by atoms with Gasteiger partial charge in [-0.1, -0.05) is 37.6 Å². The SMILES string of the molecule is CCCCN(C(=O)CCn1nnc2ccccc2c1=O)C(C)CC. The first-order chi connectivity index (χ1) is 11.6. The van der Waals surface area contributed by atoms with Crippen molar-refractivity contribution in [1.82, 2.24) is 19.9 Å². The summed E-state index contributed by atoms with van der Waals surface area (Å²) in [7, 11) is 0. The van der Waals surface area contributed by atoms with Crippen LogP contribution in [-0.4, -0.2) is 38.4 Å². The largest absolute Gasteiger partial charge is 0.340 e. The molecule has 0 fully saturated rings. The van der Waals surface area contributed by atoms with Crippen LogP contribution < -0.4 is 5.56 Å². The first kappa shape index (κ1) is 18.1. The third kappa shape index (κ3) is 4.19. The standard InChI is InChI=1S/C18H26N4O2/c1-4-6-12-21(14(3)5-2)17(23)11-13-22-18(24)15-9-7-8-10-16(15)19-20-22/h7-10,14H,4-6,11-13H2,1-3H3. The summed E-state index contributed by atoms with van der Waals surface area (Å²) in [6.45, 7) is 7.28. The molecule has 0 saturated heterocycles. The summed E-state index contributed by atoms with van der Waals surface area (Å²) in [4.78, 5) is 26.9. The first-order valence-electron chi connectivity index (χ1n) is 8.70. The van der Waals surface area contributed by atoms with Crippen molar-refractivity contribution in [3.63, 3.8) is 0 Å². The molecule has 130 valence electrons. The van der Waals surface area contributed by atoms with Crippen molar-refractivity contribution in [3.05, 3.63) is 34.6 Å². The van der Waals surface area contributed by atoms with E-state index in [1.165, 1.54) is 4.68 Å². The summed E-state index contributed by atoms with van der Waals surface area (Å²) >= 11 is 0. The fourth-order valence-corrected chi connectivity index (χ4v) is 2.65. The molecular formula is C18H26N4O2. The lowest BCUT2D eigenvalue weighted by Crippen LogP contribution is -2.40. The molecule has 0 spiro atoms. The summed E-state index contributed by atoms with van der Waals surface area (Å²) in [5.74, 6) is 0.0691. The van der Waals surface area contributed by atoms with E-state index in [-0.39, 0.29) is 30.5 Å². The fraction of sp³-hybridized carbons (Fsp3) is 0.556. The van der Waals surface area contributed by atoms with Gasteiger partial charge in [0.2, 0.25) is 5.91 Å². The maximum atomic E-state index is 12.6. The van der Waals surface area contributed by atoms with E-state index in [2.05, 4.69) is 31.1 Å². The Balaban J connectivity index is 2.10. The van der Waals surface area contributed by atoms with Gasteiger partial charge in [0, 0.05) is 19.0 Å². The lowest BCUT2D eigenvalue weighted by atomic mass is 10.2. The van der Waals surface area contributed by atoms with E-state index in [0.717, 1.165) is 25.8 Å². The van der Waals surface area contributed by atoms with Gasteiger partial charge in [0.05, 0.1) is 11.9 Å². The van der Waals surface area contributed by atoms with Crippen LogP contribution in [0, 0.1) is 0 Å². The van der Waals surface area contributed by atoms with Crippen molar-refractivity contribution in [2.24, 2.45) is 0 Å². The Morgan fingerprint density at radius 3 is 2.75 bits per heavy atom. The van der Waals surface area contributed by atoms with E-state index in [1.807, 2.05) is 11.0 Å². The molecule has 1 unspecified atom stereocenters. The van der Waals surface area contributed by atoms with Gasteiger partial charge in [-0.15, -0.1) is 5.10 Å². The number of aromatic nitrogens is 3. The Labute approximate surface area is 142 Å². The second-order valence-electron chi connectivity index (χ2n) is 6.08. The highest BCUT2D eigenvalue weighted by atomic mass is 16.2. The molecule has 1 aromatic heterocycles. The molecule has 0 N–H and O–H groups in total. The van der Waals surface area contributed by atoms with Gasteiger partial charge in [-0.2, -0.15) is 0 Å². The van der Waals surface area contributed by atoms with Crippen molar-refractivity contribution < 1.29 is 4.79 Å². The van der Waals surface area contributed by atoms with Gasteiger partial charge in [0.1, 0.15) is 5.52 Å². The van der Waals surface area contributed by atoms with Crippen molar-refractivity contribution in [2.75, 3.05) is 6.54 Å². The van der Waals surface area contributed by atoms with E-state index < -0.39 is 0 Å². The summed E-state index contributed by atoms with van der Waals surface area (Å²) in [5.41, 5.74) is 0.381. The molecular weight excluding hydrogens is 304 g/mol. The second kappa shape index (κ2) is 8.57. The number of unbranched alkanes of at least 4 members (excludes halogenated alkanes) is 1. The van der Waals surface area contributed by atoms with Gasteiger partial charge in [-0.05, 0) is 31.9 Å². The summed E-state index contributed by atoms with van der Waals surface area (Å²) in [6.07, 6.45) is 3.23. The lowest BCUT2D eigenvalue weighted by Gasteiger charge is -2.28. The highest BCUT2D eigenvalue weighted by Gasteiger charge is 2.18. The zero-order valence-electron chi connectivity index (χ0n) is 14.7. The summed E-state index contributed by atoms with van der Waals surface area (Å²) < 4.78 is 1.29. The quantitative estimate of drug-likeness (QED) is 0.746. The van der Waals surface area contributed by atoms with Crippen molar-refractivity contribution in [3.8, 4) is 0 Å². The molecule has 0 aliphatic carbocycles. The normalized spacial score (nSPS) is 12.3. The van der Waals surface area contributed by atoms with Crippen LogP contribution in [0.5, 0.6) is 0 Å². The molecule has 0 bridgehead atoms. The Kier molecular flexibility index (Phi) is 6.46. The van der Waals surface area contributed by atoms with E-state index in [9.17, 15) is 9.59 Å². The fourth-order valence-electron chi connectivity index (χ4n) is 2.65. The molecule has 6 heteroatoms. The molecule has 6 nitrogen and oxygen atoms in total. The zero-order chi connectivity index (χ0) is 17.5. The number of fused-ring (bicyclic) bond motifs is 1. The molecule has 1 amide bonds. The third-order valence-electron chi connectivity index (χ3n) is 4.36. The number of hydrogen-bond acceptors (Lipinski definition) is 4. The predicted molar refractivity (Wildman–Crippen MR) is 94.8 cm³/mol. The van der Waals surface area contributed by atoms with Crippen LogP contribution in [0.15, 0.2) is 29.1 Å². The highest BCUT2D eigenvalue weighted by Crippen LogP contribution is 2.09. The summed E-state index contributed by atoms with van der Waals surface area (Å²) in [5, 5.41) is 8.53. The van der Waals surface area contributed by atoms with Crippen LogP contribution in [0.1, 0.15) is 46.5 Å². The number of nitrogens with zero attached hydrogens (tertiary/aromatic N) is 4. The van der Waals surface area contributed by atoms with Crippen molar-refractivity contribution in [1.29, 1.82) is 0 Å². The van der Waals surface area contributed by atoms with E-state index in [0.29, 0.717) is 10.9 Å². The van der Waals surface area contributed by atoms with Crippen LogP contribution >= 0.6 is 0 Å². The maximum absolute atomic E-state index is 12.6. The number of hydrogen-bond donors (Lipinski definition) is 0. The molecule has 1 atom stereocenters. The molecule has 0 aliphatic heterocycles. The van der Waals surface area contributed by atoms with Gasteiger partial charge in [-0.25, -0.2) is 4.68 Å². The van der Waals surface area contributed by atoms with Crippen LogP contribution in [0.25, 0.3) is 10.9 Å². The highest BCUT2D eigenvalue weighted by molar-refractivity contribution is 5.77. The van der Waals surface area contributed by atoms with E-state index >= 15 is 0 Å². The number of benzene rings is 1. The predicted octanol–water partition coefficient (Wildman–Crippen LogP) is 2.61. The molecule has 1 aromatic carbocycles. The number of carbonyl (C=O) groups excluding carboxylic acids is 1. The topological polar surface area (TPSA) is 68.1 Å². The molecule has 0 radical (unpaired) electrons. The molecule has 2 rings (SSSR count). The average Bonchev–Trinajstić information content (AvgIpc) is 2.61. The van der Waals surface area contributed by atoms with Crippen LogP contribution in [0.2, 0.25) is 0 Å². The average molecular weight is 330 g/mol. The maximum Gasteiger partial charge on any atom is 0.277 e. The minimum Gasteiger partial charge on any atom is -0.340 e. The molecule has 0 saturated carbocycles. The molecule has 24 heavy (non-hydrogen) atoms. The van der Waals surface area contributed by atoms with E-state index in [4.69, 9.17) is 0 Å². The minimum atomic E-state index is -0.197. The molecule has 2 aromatic rings. The molecule has 1 heterocycles. The first-order valence-corrected chi connectivity index (χ1v) is 8.70. The van der Waals surface area contributed by atoms with Crippen LogP contribution in [0.4, 0.5) is 0 Å². The number of aryl methyl sites for hydroxylation is 1.